The molecular weight excluding hydrogens is 264 g/mol. The van der Waals surface area contributed by atoms with Crippen LogP contribution in [0.5, 0.6) is 0 Å². The summed E-state index contributed by atoms with van der Waals surface area (Å²) in [7, 11) is -1.36. The first-order valence-electron chi connectivity index (χ1n) is 6.56. The Labute approximate surface area is 114 Å². The Morgan fingerprint density at radius 2 is 2.21 bits per heavy atom. The predicted molar refractivity (Wildman–Crippen MR) is 74.2 cm³/mol. The Morgan fingerprint density at radius 3 is 2.79 bits per heavy atom. The highest BCUT2D eigenvalue weighted by Gasteiger charge is 2.32. The lowest BCUT2D eigenvalue weighted by Gasteiger charge is -2.38. The number of piperazine rings is 1. The molecule has 0 spiro atoms. The Kier molecular flexibility index (Phi) is 4.29. The standard InChI is InChI=1S/C12H22N4O2S/c1-3-11-9-16(5-4-15(11)2)19(17,18)12-6-10(7-13)14-8-12/h6,8,11,14H,3-5,7,9,13H2,1-2H3. The van der Waals surface area contributed by atoms with Gasteiger partial charge in [-0.25, -0.2) is 8.42 Å². The average molecular weight is 286 g/mol. The number of likely N-dealkylation sites (N-methyl/N-ethyl adjacent to an activating group) is 1. The van der Waals surface area contributed by atoms with Crippen molar-refractivity contribution in [3.8, 4) is 0 Å². The fourth-order valence-corrected chi connectivity index (χ4v) is 3.90. The van der Waals surface area contributed by atoms with E-state index in [1.54, 1.807) is 10.4 Å². The Morgan fingerprint density at radius 1 is 1.47 bits per heavy atom. The molecule has 7 heteroatoms. The molecule has 1 aromatic heterocycles. The molecule has 1 aromatic rings. The maximum absolute atomic E-state index is 12.5. The molecule has 2 heterocycles. The SMILES string of the molecule is CCC1CN(S(=O)(=O)c2c[nH]c(CN)c2)CCN1C. The summed E-state index contributed by atoms with van der Waals surface area (Å²) in [5.74, 6) is 0. The van der Waals surface area contributed by atoms with Crippen molar-refractivity contribution in [2.45, 2.75) is 30.8 Å². The normalized spacial score (nSPS) is 22.8. The van der Waals surface area contributed by atoms with Crippen LogP contribution in [0.15, 0.2) is 17.2 Å². The van der Waals surface area contributed by atoms with E-state index in [1.807, 2.05) is 7.05 Å². The minimum Gasteiger partial charge on any atom is -0.363 e. The molecule has 1 saturated heterocycles. The van der Waals surface area contributed by atoms with Crippen LogP contribution in [0.3, 0.4) is 0 Å². The molecule has 1 atom stereocenters. The average Bonchev–Trinajstić information content (AvgIpc) is 2.88. The number of H-pyrrole nitrogens is 1. The quantitative estimate of drug-likeness (QED) is 0.827. The number of aromatic nitrogens is 1. The monoisotopic (exact) mass is 286 g/mol. The van der Waals surface area contributed by atoms with Gasteiger partial charge in [-0.1, -0.05) is 6.92 Å². The minimum atomic E-state index is -3.40. The first-order valence-corrected chi connectivity index (χ1v) is 8.00. The van der Waals surface area contributed by atoms with Crippen molar-refractivity contribution in [3.05, 3.63) is 18.0 Å². The predicted octanol–water partition coefficient (Wildman–Crippen LogP) is 0.188. The summed E-state index contributed by atoms with van der Waals surface area (Å²) >= 11 is 0. The van der Waals surface area contributed by atoms with Gasteiger partial charge in [0.25, 0.3) is 0 Å². The Hall–Kier alpha value is -0.890. The topological polar surface area (TPSA) is 82.4 Å². The number of nitrogens with two attached hydrogens (primary N) is 1. The summed E-state index contributed by atoms with van der Waals surface area (Å²) in [6.07, 6.45) is 2.47. The van der Waals surface area contributed by atoms with Crippen LogP contribution in [0.1, 0.15) is 19.0 Å². The fraction of sp³-hybridized carbons (Fsp3) is 0.667. The molecule has 0 radical (unpaired) electrons. The lowest BCUT2D eigenvalue weighted by atomic mass is 10.1. The second-order valence-corrected chi connectivity index (χ2v) is 6.91. The lowest BCUT2D eigenvalue weighted by molar-refractivity contribution is 0.144. The molecule has 108 valence electrons. The zero-order valence-electron chi connectivity index (χ0n) is 11.5. The number of sulfonamides is 1. The maximum Gasteiger partial charge on any atom is 0.244 e. The van der Waals surface area contributed by atoms with Gasteiger partial charge >= 0.3 is 0 Å². The molecular formula is C12H22N4O2S. The summed E-state index contributed by atoms with van der Waals surface area (Å²) in [4.78, 5) is 5.42. The van der Waals surface area contributed by atoms with Crippen molar-refractivity contribution < 1.29 is 8.42 Å². The van der Waals surface area contributed by atoms with Gasteiger partial charge in [-0.3, -0.25) is 0 Å². The van der Waals surface area contributed by atoms with Gasteiger partial charge in [-0.2, -0.15) is 4.31 Å². The molecule has 0 saturated carbocycles. The van der Waals surface area contributed by atoms with Gasteiger partial charge in [0.15, 0.2) is 0 Å². The number of rotatable bonds is 4. The number of hydrogen-bond acceptors (Lipinski definition) is 4. The van der Waals surface area contributed by atoms with Crippen molar-refractivity contribution in [2.24, 2.45) is 5.73 Å². The molecule has 1 aliphatic rings. The van der Waals surface area contributed by atoms with Crippen LogP contribution in [0.2, 0.25) is 0 Å². The molecule has 1 fully saturated rings. The van der Waals surface area contributed by atoms with Crippen molar-refractivity contribution in [1.29, 1.82) is 0 Å². The van der Waals surface area contributed by atoms with E-state index >= 15 is 0 Å². The van der Waals surface area contributed by atoms with Gasteiger partial charge in [0.2, 0.25) is 10.0 Å². The number of aromatic amines is 1. The molecule has 1 aliphatic heterocycles. The van der Waals surface area contributed by atoms with Gasteiger partial charge in [0.1, 0.15) is 0 Å². The van der Waals surface area contributed by atoms with Crippen molar-refractivity contribution in [2.75, 3.05) is 26.7 Å². The summed E-state index contributed by atoms with van der Waals surface area (Å²) in [6, 6.07) is 1.91. The van der Waals surface area contributed by atoms with Crippen LogP contribution in [-0.2, 0) is 16.6 Å². The Balaban J connectivity index is 2.20. The van der Waals surface area contributed by atoms with Gasteiger partial charge < -0.3 is 15.6 Å². The second kappa shape index (κ2) is 5.62. The van der Waals surface area contributed by atoms with Crippen LogP contribution < -0.4 is 5.73 Å². The highest BCUT2D eigenvalue weighted by Crippen LogP contribution is 2.21. The van der Waals surface area contributed by atoms with Gasteiger partial charge in [-0.15, -0.1) is 0 Å². The third-order valence-corrected chi connectivity index (χ3v) is 5.63. The van der Waals surface area contributed by atoms with E-state index < -0.39 is 10.0 Å². The molecule has 6 nitrogen and oxygen atoms in total. The molecule has 0 aromatic carbocycles. The molecule has 2 rings (SSSR count). The van der Waals surface area contributed by atoms with Crippen LogP contribution in [0.4, 0.5) is 0 Å². The molecule has 1 unspecified atom stereocenters. The number of nitrogens with zero attached hydrogens (tertiary/aromatic N) is 2. The van der Waals surface area contributed by atoms with E-state index in [2.05, 4.69) is 16.8 Å². The molecule has 3 N–H and O–H groups in total. The van der Waals surface area contributed by atoms with Gasteiger partial charge in [-0.05, 0) is 19.5 Å². The van der Waals surface area contributed by atoms with Gasteiger partial charge in [0.05, 0.1) is 4.90 Å². The fourth-order valence-electron chi connectivity index (χ4n) is 2.41. The summed E-state index contributed by atoms with van der Waals surface area (Å²) in [6.45, 7) is 4.26. The molecule has 0 bridgehead atoms. The van der Waals surface area contributed by atoms with E-state index in [9.17, 15) is 8.42 Å². The molecule has 0 amide bonds. The molecule has 0 aliphatic carbocycles. The highest BCUT2D eigenvalue weighted by atomic mass is 32.2. The number of hydrogen-bond donors (Lipinski definition) is 2. The third-order valence-electron chi connectivity index (χ3n) is 3.79. The van der Waals surface area contributed by atoms with E-state index in [0.717, 1.165) is 18.7 Å². The smallest absolute Gasteiger partial charge is 0.244 e. The first-order chi connectivity index (χ1) is 8.98. The molecule has 19 heavy (non-hydrogen) atoms. The zero-order valence-corrected chi connectivity index (χ0v) is 12.3. The van der Waals surface area contributed by atoms with Crippen LogP contribution in [0.25, 0.3) is 0 Å². The maximum atomic E-state index is 12.5. The first kappa shape index (κ1) is 14.5. The van der Waals surface area contributed by atoms with Crippen LogP contribution in [0, 0.1) is 0 Å². The van der Waals surface area contributed by atoms with Crippen LogP contribution >= 0.6 is 0 Å². The van der Waals surface area contributed by atoms with Gasteiger partial charge in [0, 0.05) is 44.1 Å². The highest BCUT2D eigenvalue weighted by molar-refractivity contribution is 7.89. The van der Waals surface area contributed by atoms with E-state index in [0.29, 0.717) is 24.5 Å². The summed E-state index contributed by atoms with van der Waals surface area (Å²) in [5, 5.41) is 0. The third kappa shape index (κ3) is 2.84. The summed E-state index contributed by atoms with van der Waals surface area (Å²) < 4.78 is 26.6. The van der Waals surface area contributed by atoms with Crippen molar-refractivity contribution in [1.82, 2.24) is 14.2 Å². The minimum absolute atomic E-state index is 0.288. The Bertz CT molecular complexity index is 526. The summed E-state index contributed by atoms with van der Waals surface area (Å²) in [5.41, 5.74) is 6.24. The lowest BCUT2D eigenvalue weighted by Crippen LogP contribution is -2.52. The van der Waals surface area contributed by atoms with Crippen molar-refractivity contribution >= 4 is 10.0 Å². The number of nitrogens with one attached hydrogen (secondary N) is 1. The van der Waals surface area contributed by atoms with E-state index in [1.165, 1.54) is 6.20 Å². The van der Waals surface area contributed by atoms with Crippen LogP contribution in [-0.4, -0.2) is 55.3 Å². The largest absolute Gasteiger partial charge is 0.363 e. The van der Waals surface area contributed by atoms with E-state index in [4.69, 9.17) is 5.73 Å². The second-order valence-electron chi connectivity index (χ2n) is 4.97. The zero-order chi connectivity index (χ0) is 14.0. The van der Waals surface area contributed by atoms with E-state index in [-0.39, 0.29) is 6.04 Å². The van der Waals surface area contributed by atoms with Crippen molar-refractivity contribution in [3.63, 3.8) is 0 Å².